The molecular formula is C30H24ClN3O4. The van der Waals surface area contributed by atoms with Gasteiger partial charge in [-0.2, -0.15) is 10.5 Å². The van der Waals surface area contributed by atoms with Crippen LogP contribution in [0.2, 0.25) is 5.02 Å². The van der Waals surface area contributed by atoms with E-state index in [2.05, 4.69) is 12.1 Å². The Morgan fingerprint density at radius 1 is 0.947 bits per heavy atom. The topological polar surface area (TPSA) is 95.6 Å². The lowest BCUT2D eigenvalue weighted by atomic mass is 9.69. The number of nitriles is 2. The number of anilines is 1. The first-order valence-electron chi connectivity index (χ1n) is 11.9. The molecule has 1 fully saturated rings. The number of carbonyl (C=O) groups excluding carboxylic acids is 1. The van der Waals surface area contributed by atoms with Gasteiger partial charge >= 0.3 is 0 Å². The highest BCUT2D eigenvalue weighted by Gasteiger charge is 2.63. The maximum absolute atomic E-state index is 14.3. The van der Waals surface area contributed by atoms with E-state index in [1.54, 1.807) is 36.4 Å². The summed E-state index contributed by atoms with van der Waals surface area (Å²) in [6.45, 7) is 0. The van der Waals surface area contributed by atoms with Gasteiger partial charge in [-0.15, -0.1) is 0 Å². The minimum Gasteiger partial charge on any atom is -0.493 e. The van der Waals surface area contributed by atoms with E-state index >= 15 is 0 Å². The van der Waals surface area contributed by atoms with Crippen LogP contribution in [0.25, 0.3) is 6.08 Å². The zero-order valence-electron chi connectivity index (χ0n) is 21.0. The number of nitrogens with zero attached hydrogens (tertiary/aromatic N) is 3. The number of carbonyl (C=O) groups is 1. The van der Waals surface area contributed by atoms with E-state index < -0.39 is 23.4 Å². The van der Waals surface area contributed by atoms with Gasteiger partial charge in [0.15, 0.2) is 22.7 Å². The molecule has 7 nitrogen and oxygen atoms in total. The second kappa shape index (κ2) is 9.78. The molecule has 0 unspecified atom stereocenters. The molecule has 0 amide bonds. The van der Waals surface area contributed by atoms with Gasteiger partial charge in [-0.25, -0.2) is 0 Å². The van der Waals surface area contributed by atoms with Crippen LogP contribution in [0.1, 0.15) is 27.4 Å². The normalized spacial score (nSPS) is 20.5. The van der Waals surface area contributed by atoms with Crippen molar-refractivity contribution >= 4 is 29.1 Å². The highest BCUT2D eigenvalue weighted by atomic mass is 35.5. The van der Waals surface area contributed by atoms with E-state index in [-0.39, 0.29) is 5.78 Å². The highest BCUT2D eigenvalue weighted by molar-refractivity contribution is 6.30. The van der Waals surface area contributed by atoms with E-state index in [9.17, 15) is 15.3 Å². The monoisotopic (exact) mass is 525 g/mol. The summed E-state index contributed by atoms with van der Waals surface area (Å²) in [5, 5.41) is 21.8. The van der Waals surface area contributed by atoms with Crippen molar-refractivity contribution in [3.8, 4) is 29.4 Å². The number of halogens is 1. The third-order valence-corrected chi connectivity index (χ3v) is 7.61. The van der Waals surface area contributed by atoms with Crippen molar-refractivity contribution in [3.05, 3.63) is 88.5 Å². The molecule has 0 bridgehead atoms. The van der Waals surface area contributed by atoms with Gasteiger partial charge in [0.1, 0.15) is 6.04 Å². The standard InChI is InChI=1S/C30H24ClN3O4/c1-36-23-14-20(15-24(37-2)29(23)38-3)26-27(28(35)19-8-11-21(31)12-9-19)34-22-7-5-4-6-18(22)10-13-25(34)30(26,16-32)17-33/h4-15,25-27H,1-3H3/t25-,26-,27+/m1/s1. The maximum Gasteiger partial charge on any atom is 0.203 e. The Bertz CT molecular complexity index is 1480. The third kappa shape index (κ3) is 3.67. The van der Waals surface area contributed by atoms with Crippen molar-refractivity contribution in [2.24, 2.45) is 5.41 Å². The fraction of sp³-hybridized carbons (Fsp3) is 0.233. The summed E-state index contributed by atoms with van der Waals surface area (Å²) in [4.78, 5) is 16.3. The molecule has 3 aromatic rings. The predicted octanol–water partition coefficient (Wildman–Crippen LogP) is 5.65. The molecule has 5 rings (SSSR count). The quantitative estimate of drug-likeness (QED) is 0.384. The first-order valence-corrected chi connectivity index (χ1v) is 12.3. The van der Waals surface area contributed by atoms with Crippen LogP contribution in [-0.2, 0) is 0 Å². The lowest BCUT2D eigenvalue weighted by molar-refractivity contribution is 0.0950. The van der Waals surface area contributed by atoms with Gasteiger partial charge in [-0.1, -0.05) is 42.0 Å². The van der Waals surface area contributed by atoms with Crippen LogP contribution < -0.4 is 19.1 Å². The summed E-state index contributed by atoms with van der Waals surface area (Å²) in [6, 6.07) is 20.8. The molecule has 0 aliphatic carbocycles. The van der Waals surface area contributed by atoms with Crippen LogP contribution in [0, 0.1) is 28.1 Å². The van der Waals surface area contributed by atoms with Gasteiger partial charge in [0.05, 0.1) is 39.5 Å². The number of methoxy groups -OCH3 is 3. The number of hydrogen-bond donors (Lipinski definition) is 0. The fourth-order valence-electron chi connectivity index (χ4n) is 5.67. The number of hydrogen-bond acceptors (Lipinski definition) is 7. The number of ketones is 1. The summed E-state index contributed by atoms with van der Waals surface area (Å²) in [6.07, 6.45) is 3.75. The van der Waals surface area contributed by atoms with E-state index in [0.29, 0.717) is 33.4 Å². The zero-order valence-corrected chi connectivity index (χ0v) is 21.8. The average molecular weight is 526 g/mol. The Morgan fingerprint density at radius 3 is 2.16 bits per heavy atom. The molecule has 3 atom stereocenters. The Hall–Kier alpha value is -4.46. The smallest absolute Gasteiger partial charge is 0.203 e. The fourth-order valence-corrected chi connectivity index (χ4v) is 5.80. The van der Waals surface area contributed by atoms with Crippen LogP contribution in [0.3, 0.4) is 0 Å². The first-order chi connectivity index (χ1) is 18.4. The van der Waals surface area contributed by atoms with Crippen molar-refractivity contribution in [1.29, 1.82) is 10.5 Å². The van der Waals surface area contributed by atoms with Gasteiger partial charge in [-0.3, -0.25) is 4.79 Å². The maximum atomic E-state index is 14.3. The Kier molecular flexibility index (Phi) is 6.48. The molecule has 0 radical (unpaired) electrons. The Morgan fingerprint density at radius 2 is 1.58 bits per heavy atom. The minimum atomic E-state index is -1.61. The van der Waals surface area contributed by atoms with Gasteiger partial charge in [-0.05, 0) is 53.6 Å². The van der Waals surface area contributed by atoms with Crippen molar-refractivity contribution < 1.29 is 19.0 Å². The van der Waals surface area contributed by atoms with Crippen LogP contribution in [-0.4, -0.2) is 39.2 Å². The summed E-state index contributed by atoms with van der Waals surface area (Å²) in [5.74, 6) is 0.00756. The molecule has 190 valence electrons. The lowest BCUT2D eigenvalue weighted by Gasteiger charge is -2.35. The number of Topliss-reactive ketones (excluding diaryl/α,β-unsaturated/α-hetero) is 1. The van der Waals surface area contributed by atoms with E-state index in [4.69, 9.17) is 25.8 Å². The first kappa shape index (κ1) is 25.2. The van der Waals surface area contributed by atoms with Gasteiger partial charge < -0.3 is 19.1 Å². The molecule has 38 heavy (non-hydrogen) atoms. The Labute approximate surface area is 226 Å². The van der Waals surface area contributed by atoms with Crippen LogP contribution in [0.5, 0.6) is 17.2 Å². The van der Waals surface area contributed by atoms with Crippen LogP contribution >= 0.6 is 11.6 Å². The summed E-state index contributed by atoms with van der Waals surface area (Å²) in [7, 11) is 4.49. The SMILES string of the molecule is COc1cc([C@@H]2[C@@H](C(=O)c3ccc(Cl)cc3)N3c4ccccc4C=C[C@@H]3C2(C#N)C#N)cc(OC)c1OC. The van der Waals surface area contributed by atoms with Gasteiger partial charge in [0.25, 0.3) is 0 Å². The molecule has 1 saturated heterocycles. The summed E-state index contributed by atoms with van der Waals surface area (Å²) < 4.78 is 16.7. The molecule has 2 aliphatic rings. The second-order valence-corrected chi connectivity index (χ2v) is 9.55. The van der Waals surface area contributed by atoms with Gasteiger partial charge in [0, 0.05) is 22.2 Å². The van der Waals surface area contributed by atoms with Crippen LogP contribution in [0.15, 0.2) is 66.7 Å². The molecule has 0 N–H and O–H groups in total. The zero-order chi connectivity index (χ0) is 27.0. The summed E-state index contributed by atoms with van der Waals surface area (Å²) >= 11 is 6.11. The number of rotatable bonds is 6. The molecule has 3 aromatic carbocycles. The van der Waals surface area contributed by atoms with E-state index in [1.807, 2.05) is 41.3 Å². The van der Waals surface area contributed by atoms with E-state index in [0.717, 1.165) is 11.3 Å². The van der Waals surface area contributed by atoms with Crippen LogP contribution in [0.4, 0.5) is 5.69 Å². The van der Waals surface area contributed by atoms with Crippen molar-refractivity contribution in [3.63, 3.8) is 0 Å². The minimum absolute atomic E-state index is 0.233. The molecule has 8 heteroatoms. The number of ether oxygens (including phenoxy) is 3. The molecule has 0 aromatic heterocycles. The second-order valence-electron chi connectivity index (χ2n) is 9.11. The number of para-hydroxylation sites is 1. The molecule has 0 saturated carbocycles. The van der Waals surface area contributed by atoms with Crippen molar-refractivity contribution in [1.82, 2.24) is 0 Å². The number of benzene rings is 3. The Balaban J connectivity index is 1.81. The van der Waals surface area contributed by atoms with Crippen molar-refractivity contribution in [2.45, 2.75) is 18.0 Å². The average Bonchev–Trinajstić information content (AvgIpc) is 3.27. The third-order valence-electron chi connectivity index (χ3n) is 7.36. The largest absolute Gasteiger partial charge is 0.493 e. The van der Waals surface area contributed by atoms with Crippen molar-refractivity contribution in [2.75, 3.05) is 26.2 Å². The summed E-state index contributed by atoms with van der Waals surface area (Å²) in [5.41, 5.74) is 1.04. The van der Waals surface area contributed by atoms with E-state index in [1.165, 1.54) is 21.3 Å². The molecule has 2 aliphatic heterocycles. The predicted molar refractivity (Wildman–Crippen MR) is 144 cm³/mol. The molecule has 0 spiro atoms. The molecular weight excluding hydrogens is 502 g/mol. The highest BCUT2D eigenvalue weighted by Crippen LogP contribution is 2.57. The molecule has 2 heterocycles. The number of fused-ring (bicyclic) bond motifs is 3. The lowest BCUT2D eigenvalue weighted by Crippen LogP contribution is -2.44. The van der Waals surface area contributed by atoms with Gasteiger partial charge in [0.2, 0.25) is 5.75 Å².